The second-order valence-corrected chi connectivity index (χ2v) is 6.79. The first-order valence-corrected chi connectivity index (χ1v) is 8.89. The summed E-state index contributed by atoms with van der Waals surface area (Å²) in [5, 5.41) is 0.734. The van der Waals surface area contributed by atoms with Crippen LogP contribution in [0.3, 0.4) is 0 Å². The summed E-state index contributed by atoms with van der Waals surface area (Å²) < 4.78 is 5.79. The highest BCUT2D eigenvalue weighted by Crippen LogP contribution is 2.23. The van der Waals surface area contributed by atoms with Crippen molar-refractivity contribution in [3.8, 4) is 5.75 Å². The van der Waals surface area contributed by atoms with Gasteiger partial charge < -0.3 is 14.5 Å². The second-order valence-electron chi connectivity index (χ2n) is 6.36. The zero-order chi connectivity index (χ0) is 17.8. The predicted molar refractivity (Wildman–Crippen MR) is 102 cm³/mol. The molecule has 1 aliphatic heterocycles. The van der Waals surface area contributed by atoms with Crippen molar-refractivity contribution in [2.75, 3.05) is 37.7 Å². The molecule has 1 aliphatic rings. The summed E-state index contributed by atoms with van der Waals surface area (Å²) in [7, 11) is 0. The maximum Gasteiger partial charge on any atom is 0.260 e. The average molecular weight is 359 g/mol. The van der Waals surface area contributed by atoms with E-state index in [2.05, 4.69) is 4.90 Å². The second kappa shape index (κ2) is 7.79. The van der Waals surface area contributed by atoms with Crippen LogP contribution >= 0.6 is 11.6 Å². The smallest absolute Gasteiger partial charge is 0.260 e. The van der Waals surface area contributed by atoms with E-state index in [1.54, 1.807) is 0 Å². The Morgan fingerprint density at radius 2 is 1.68 bits per heavy atom. The van der Waals surface area contributed by atoms with E-state index in [0.29, 0.717) is 13.1 Å². The van der Waals surface area contributed by atoms with Gasteiger partial charge in [0.1, 0.15) is 5.75 Å². The van der Waals surface area contributed by atoms with Crippen LogP contribution in [0.5, 0.6) is 5.75 Å². The van der Waals surface area contributed by atoms with Crippen LogP contribution in [0.1, 0.15) is 11.1 Å². The number of ether oxygens (including phenoxy) is 1. The third-order valence-electron chi connectivity index (χ3n) is 4.55. The van der Waals surface area contributed by atoms with E-state index in [-0.39, 0.29) is 12.5 Å². The topological polar surface area (TPSA) is 32.8 Å². The van der Waals surface area contributed by atoms with Gasteiger partial charge in [0.15, 0.2) is 6.61 Å². The van der Waals surface area contributed by atoms with Gasteiger partial charge in [-0.25, -0.2) is 0 Å². The summed E-state index contributed by atoms with van der Waals surface area (Å²) in [6, 6.07) is 13.8. The Balaban J connectivity index is 1.53. The van der Waals surface area contributed by atoms with Crippen LogP contribution in [-0.4, -0.2) is 43.6 Å². The molecule has 4 nitrogen and oxygen atoms in total. The fourth-order valence-electron chi connectivity index (χ4n) is 3.14. The predicted octanol–water partition coefficient (Wildman–Crippen LogP) is 3.68. The number of halogens is 1. The number of carbonyl (C=O) groups excluding carboxylic acids is 1. The largest absolute Gasteiger partial charge is 0.483 e. The lowest BCUT2D eigenvalue weighted by Gasteiger charge is -2.36. The van der Waals surface area contributed by atoms with Crippen molar-refractivity contribution >= 4 is 23.2 Å². The lowest BCUT2D eigenvalue weighted by Crippen LogP contribution is -2.50. The van der Waals surface area contributed by atoms with Gasteiger partial charge in [-0.3, -0.25) is 4.79 Å². The van der Waals surface area contributed by atoms with Crippen LogP contribution < -0.4 is 9.64 Å². The van der Waals surface area contributed by atoms with Gasteiger partial charge in [0.05, 0.1) is 0 Å². The Morgan fingerprint density at radius 3 is 2.32 bits per heavy atom. The molecule has 3 rings (SSSR count). The van der Waals surface area contributed by atoms with Crippen molar-refractivity contribution in [2.45, 2.75) is 13.8 Å². The van der Waals surface area contributed by atoms with Crippen LogP contribution in [0, 0.1) is 13.8 Å². The molecular weight excluding hydrogens is 336 g/mol. The van der Waals surface area contributed by atoms with Crippen LogP contribution in [-0.2, 0) is 4.79 Å². The van der Waals surface area contributed by atoms with Crippen LogP contribution in [0.25, 0.3) is 0 Å². The zero-order valence-corrected chi connectivity index (χ0v) is 15.4. The standard InChI is InChI=1S/C20H23ClN2O2/c1-15-5-3-6-16(2)20(15)25-14-19(24)23-11-9-22(10-12-23)18-8-4-7-17(21)13-18/h3-8,13H,9-12,14H2,1-2H3. The number of amides is 1. The summed E-state index contributed by atoms with van der Waals surface area (Å²) in [5.41, 5.74) is 3.21. The van der Waals surface area contributed by atoms with E-state index in [9.17, 15) is 4.79 Å². The molecule has 1 amide bonds. The Morgan fingerprint density at radius 1 is 1.04 bits per heavy atom. The lowest BCUT2D eigenvalue weighted by atomic mass is 10.1. The zero-order valence-electron chi connectivity index (χ0n) is 14.7. The number of carbonyl (C=O) groups is 1. The van der Waals surface area contributed by atoms with E-state index < -0.39 is 0 Å². The quantitative estimate of drug-likeness (QED) is 0.835. The van der Waals surface area contributed by atoms with Gasteiger partial charge in [-0.2, -0.15) is 0 Å². The van der Waals surface area contributed by atoms with E-state index >= 15 is 0 Å². The number of benzene rings is 2. The Hall–Kier alpha value is -2.20. The van der Waals surface area contributed by atoms with Gasteiger partial charge in [0.25, 0.3) is 5.91 Å². The number of anilines is 1. The highest BCUT2D eigenvalue weighted by atomic mass is 35.5. The average Bonchev–Trinajstić information content (AvgIpc) is 2.61. The number of aryl methyl sites for hydroxylation is 2. The number of nitrogens with zero attached hydrogens (tertiary/aromatic N) is 2. The molecule has 0 N–H and O–H groups in total. The minimum absolute atomic E-state index is 0.0356. The van der Waals surface area contributed by atoms with E-state index in [1.807, 2.05) is 61.2 Å². The van der Waals surface area contributed by atoms with Gasteiger partial charge in [-0.15, -0.1) is 0 Å². The lowest BCUT2D eigenvalue weighted by molar-refractivity contribution is -0.133. The molecule has 0 radical (unpaired) electrons. The van der Waals surface area contributed by atoms with Gasteiger partial charge in [-0.1, -0.05) is 35.9 Å². The maximum absolute atomic E-state index is 12.5. The molecule has 25 heavy (non-hydrogen) atoms. The molecular formula is C20H23ClN2O2. The summed E-state index contributed by atoms with van der Waals surface area (Å²) in [4.78, 5) is 16.6. The molecule has 0 aromatic heterocycles. The summed E-state index contributed by atoms with van der Waals surface area (Å²) >= 11 is 6.06. The Labute approximate surface area is 154 Å². The van der Waals surface area contributed by atoms with Crippen LogP contribution in [0.15, 0.2) is 42.5 Å². The highest BCUT2D eigenvalue weighted by Gasteiger charge is 2.22. The van der Waals surface area contributed by atoms with Gasteiger partial charge in [0.2, 0.25) is 0 Å². The monoisotopic (exact) mass is 358 g/mol. The molecule has 1 heterocycles. The number of para-hydroxylation sites is 1. The molecule has 0 spiro atoms. The third kappa shape index (κ3) is 4.26. The number of rotatable bonds is 4. The van der Waals surface area contributed by atoms with Crippen LogP contribution in [0.4, 0.5) is 5.69 Å². The normalized spacial score (nSPS) is 14.5. The molecule has 0 bridgehead atoms. The van der Waals surface area contributed by atoms with Gasteiger partial charge >= 0.3 is 0 Å². The minimum Gasteiger partial charge on any atom is -0.483 e. The van der Waals surface area contributed by atoms with Crippen molar-refractivity contribution in [3.63, 3.8) is 0 Å². The molecule has 132 valence electrons. The van der Waals surface area contributed by atoms with Crippen molar-refractivity contribution in [1.29, 1.82) is 0 Å². The van der Waals surface area contributed by atoms with Crippen molar-refractivity contribution < 1.29 is 9.53 Å². The van der Waals surface area contributed by atoms with Crippen molar-refractivity contribution in [2.24, 2.45) is 0 Å². The Bertz CT molecular complexity index is 735. The minimum atomic E-state index is 0.0356. The maximum atomic E-state index is 12.5. The summed E-state index contributed by atoms with van der Waals surface area (Å²) in [5.74, 6) is 0.849. The van der Waals surface area contributed by atoms with E-state index in [0.717, 1.165) is 40.7 Å². The molecule has 0 unspecified atom stereocenters. The number of hydrogen-bond donors (Lipinski definition) is 0. The van der Waals surface area contributed by atoms with Crippen LogP contribution in [0.2, 0.25) is 5.02 Å². The van der Waals surface area contributed by atoms with Gasteiger partial charge in [0, 0.05) is 36.9 Å². The molecule has 2 aromatic rings. The molecule has 2 aromatic carbocycles. The summed E-state index contributed by atoms with van der Waals surface area (Å²) in [6.45, 7) is 7.07. The highest BCUT2D eigenvalue weighted by molar-refractivity contribution is 6.30. The first kappa shape index (κ1) is 17.6. The van der Waals surface area contributed by atoms with Crippen molar-refractivity contribution in [1.82, 2.24) is 4.90 Å². The summed E-state index contributed by atoms with van der Waals surface area (Å²) in [6.07, 6.45) is 0. The molecule has 1 saturated heterocycles. The number of piperazine rings is 1. The first-order chi connectivity index (χ1) is 12.0. The molecule has 0 saturated carbocycles. The molecule has 1 fully saturated rings. The molecule has 0 aliphatic carbocycles. The fourth-order valence-corrected chi connectivity index (χ4v) is 3.32. The molecule has 0 atom stereocenters. The third-order valence-corrected chi connectivity index (χ3v) is 4.79. The fraction of sp³-hybridized carbons (Fsp3) is 0.350. The molecule has 5 heteroatoms. The van der Waals surface area contributed by atoms with E-state index in [4.69, 9.17) is 16.3 Å². The number of hydrogen-bond acceptors (Lipinski definition) is 3. The first-order valence-electron chi connectivity index (χ1n) is 8.52. The van der Waals surface area contributed by atoms with E-state index in [1.165, 1.54) is 0 Å². The van der Waals surface area contributed by atoms with Gasteiger partial charge in [-0.05, 0) is 43.2 Å². The Kier molecular flexibility index (Phi) is 5.49. The van der Waals surface area contributed by atoms with Crippen molar-refractivity contribution in [3.05, 3.63) is 58.6 Å². The SMILES string of the molecule is Cc1cccc(C)c1OCC(=O)N1CCN(c2cccc(Cl)c2)CC1.